The summed E-state index contributed by atoms with van der Waals surface area (Å²) in [7, 11) is 0. The van der Waals surface area contributed by atoms with Crippen LogP contribution in [0.4, 0.5) is 0 Å². The van der Waals surface area contributed by atoms with E-state index in [4.69, 9.17) is 9.84 Å². The molecule has 0 radical (unpaired) electrons. The van der Waals surface area contributed by atoms with E-state index < -0.39 is 12.1 Å². The van der Waals surface area contributed by atoms with E-state index in [1.54, 1.807) is 17.3 Å². The van der Waals surface area contributed by atoms with Gasteiger partial charge in [-0.25, -0.2) is 0 Å². The van der Waals surface area contributed by atoms with Gasteiger partial charge in [-0.3, -0.25) is 14.6 Å². The van der Waals surface area contributed by atoms with E-state index >= 15 is 0 Å². The number of rotatable bonds is 6. The van der Waals surface area contributed by atoms with Gasteiger partial charge in [0.05, 0.1) is 6.42 Å². The molecule has 2 rings (SSSR count). The van der Waals surface area contributed by atoms with Crippen molar-refractivity contribution in [2.75, 3.05) is 13.2 Å². The molecular formula is C14H18N2O4. The minimum atomic E-state index is -0.912. The van der Waals surface area contributed by atoms with Crippen LogP contribution in [-0.2, 0) is 20.9 Å². The van der Waals surface area contributed by atoms with Gasteiger partial charge in [0.25, 0.3) is 5.91 Å². The Hall–Kier alpha value is -1.95. The van der Waals surface area contributed by atoms with Gasteiger partial charge in [0.1, 0.15) is 6.10 Å². The molecule has 108 valence electrons. The quantitative estimate of drug-likeness (QED) is 0.841. The first-order chi connectivity index (χ1) is 9.66. The number of pyridine rings is 1. The Morgan fingerprint density at radius 3 is 2.75 bits per heavy atom. The third-order valence-corrected chi connectivity index (χ3v) is 3.24. The number of amides is 1. The summed E-state index contributed by atoms with van der Waals surface area (Å²) < 4.78 is 5.39. The van der Waals surface area contributed by atoms with Crippen molar-refractivity contribution in [3.05, 3.63) is 30.1 Å². The Bertz CT molecular complexity index is 458. The van der Waals surface area contributed by atoms with Gasteiger partial charge in [-0.15, -0.1) is 0 Å². The van der Waals surface area contributed by atoms with Crippen molar-refractivity contribution in [1.82, 2.24) is 9.88 Å². The van der Waals surface area contributed by atoms with Crippen LogP contribution < -0.4 is 0 Å². The summed E-state index contributed by atoms with van der Waals surface area (Å²) in [5.41, 5.74) is 0.928. The summed E-state index contributed by atoms with van der Waals surface area (Å²) in [4.78, 5) is 28.6. The normalized spacial score (nSPS) is 17.9. The Morgan fingerprint density at radius 2 is 2.15 bits per heavy atom. The molecule has 1 N–H and O–H groups in total. The molecule has 0 aliphatic carbocycles. The summed E-state index contributed by atoms with van der Waals surface area (Å²) in [6, 6.07) is 3.63. The molecule has 0 saturated carbocycles. The fraction of sp³-hybridized carbons (Fsp3) is 0.500. The minimum Gasteiger partial charge on any atom is -0.481 e. The molecule has 1 aliphatic heterocycles. The van der Waals surface area contributed by atoms with Gasteiger partial charge in [0.15, 0.2) is 0 Å². The molecule has 1 aromatic heterocycles. The van der Waals surface area contributed by atoms with Crippen LogP contribution in [0, 0.1) is 0 Å². The van der Waals surface area contributed by atoms with E-state index in [2.05, 4.69) is 4.98 Å². The zero-order valence-electron chi connectivity index (χ0n) is 11.2. The molecule has 2 heterocycles. The van der Waals surface area contributed by atoms with Gasteiger partial charge in [-0.2, -0.15) is 0 Å². The highest BCUT2D eigenvalue weighted by atomic mass is 16.5. The maximum absolute atomic E-state index is 12.4. The first kappa shape index (κ1) is 14.5. The molecule has 0 bridgehead atoms. The number of ether oxygens (including phenoxy) is 1. The molecule has 1 atom stereocenters. The van der Waals surface area contributed by atoms with E-state index in [1.807, 2.05) is 12.1 Å². The van der Waals surface area contributed by atoms with Crippen LogP contribution in [0.25, 0.3) is 0 Å². The van der Waals surface area contributed by atoms with E-state index in [9.17, 15) is 9.59 Å². The molecule has 1 amide bonds. The van der Waals surface area contributed by atoms with Crippen molar-refractivity contribution in [2.24, 2.45) is 0 Å². The Kier molecular flexibility index (Phi) is 5.06. The summed E-state index contributed by atoms with van der Waals surface area (Å²) >= 11 is 0. The standard InChI is InChI=1S/C14H18N2O4/c17-13(18)5-8-16(10-11-3-6-15-7-4-11)14(19)12-2-1-9-20-12/h3-4,6-7,12H,1-2,5,8-10H2,(H,17,18). The van der Waals surface area contributed by atoms with Crippen molar-refractivity contribution < 1.29 is 19.4 Å². The van der Waals surface area contributed by atoms with Crippen molar-refractivity contribution >= 4 is 11.9 Å². The lowest BCUT2D eigenvalue weighted by atomic mass is 10.2. The highest BCUT2D eigenvalue weighted by molar-refractivity contribution is 5.81. The largest absolute Gasteiger partial charge is 0.481 e. The van der Waals surface area contributed by atoms with E-state index in [-0.39, 0.29) is 18.9 Å². The van der Waals surface area contributed by atoms with Crippen molar-refractivity contribution in [3.8, 4) is 0 Å². The fourth-order valence-corrected chi connectivity index (χ4v) is 2.18. The fourth-order valence-electron chi connectivity index (χ4n) is 2.18. The summed E-state index contributed by atoms with van der Waals surface area (Å²) in [6.45, 7) is 1.17. The maximum Gasteiger partial charge on any atom is 0.305 e. The predicted molar refractivity (Wildman–Crippen MR) is 70.9 cm³/mol. The predicted octanol–water partition coefficient (Wildman–Crippen LogP) is 1.06. The second-order valence-corrected chi connectivity index (χ2v) is 4.76. The Balaban J connectivity index is 2.03. The average molecular weight is 278 g/mol. The van der Waals surface area contributed by atoms with Crippen LogP contribution in [0.5, 0.6) is 0 Å². The molecule has 6 nitrogen and oxygen atoms in total. The van der Waals surface area contributed by atoms with Gasteiger partial charge in [-0.1, -0.05) is 0 Å². The summed E-state index contributed by atoms with van der Waals surface area (Å²) in [5, 5.41) is 8.80. The molecule has 1 saturated heterocycles. The van der Waals surface area contributed by atoms with Gasteiger partial charge < -0.3 is 14.7 Å². The van der Waals surface area contributed by atoms with Crippen LogP contribution in [0.2, 0.25) is 0 Å². The lowest BCUT2D eigenvalue weighted by Crippen LogP contribution is -2.39. The number of carbonyl (C=O) groups excluding carboxylic acids is 1. The van der Waals surface area contributed by atoms with Crippen LogP contribution in [0.1, 0.15) is 24.8 Å². The highest BCUT2D eigenvalue weighted by Gasteiger charge is 2.28. The topological polar surface area (TPSA) is 79.7 Å². The SMILES string of the molecule is O=C(O)CCN(Cc1ccncc1)C(=O)C1CCCO1. The number of carbonyl (C=O) groups is 2. The Morgan fingerprint density at radius 1 is 1.40 bits per heavy atom. The molecule has 1 fully saturated rings. The zero-order chi connectivity index (χ0) is 14.4. The smallest absolute Gasteiger partial charge is 0.305 e. The van der Waals surface area contributed by atoms with E-state index in [0.29, 0.717) is 19.6 Å². The molecule has 1 aliphatic rings. The van der Waals surface area contributed by atoms with E-state index in [0.717, 1.165) is 12.0 Å². The van der Waals surface area contributed by atoms with Crippen LogP contribution >= 0.6 is 0 Å². The molecule has 0 aromatic carbocycles. The summed E-state index contributed by atoms with van der Waals surface area (Å²) in [6.07, 6.45) is 4.40. The molecule has 20 heavy (non-hydrogen) atoms. The molecule has 0 spiro atoms. The highest BCUT2D eigenvalue weighted by Crippen LogP contribution is 2.16. The number of aliphatic carboxylic acids is 1. The van der Waals surface area contributed by atoms with Gasteiger partial charge >= 0.3 is 5.97 Å². The third kappa shape index (κ3) is 4.03. The van der Waals surface area contributed by atoms with Crippen LogP contribution in [0.3, 0.4) is 0 Å². The monoisotopic (exact) mass is 278 g/mol. The third-order valence-electron chi connectivity index (χ3n) is 3.24. The maximum atomic E-state index is 12.4. The van der Waals surface area contributed by atoms with Crippen molar-refractivity contribution in [2.45, 2.75) is 31.9 Å². The first-order valence-corrected chi connectivity index (χ1v) is 6.68. The molecule has 6 heteroatoms. The van der Waals surface area contributed by atoms with Crippen molar-refractivity contribution in [3.63, 3.8) is 0 Å². The minimum absolute atomic E-state index is 0.0659. The number of aromatic nitrogens is 1. The number of carboxylic acids is 1. The van der Waals surface area contributed by atoms with Crippen LogP contribution in [-0.4, -0.2) is 46.1 Å². The number of nitrogens with zero attached hydrogens (tertiary/aromatic N) is 2. The van der Waals surface area contributed by atoms with Gasteiger partial charge in [0.2, 0.25) is 0 Å². The van der Waals surface area contributed by atoms with Crippen molar-refractivity contribution in [1.29, 1.82) is 0 Å². The first-order valence-electron chi connectivity index (χ1n) is 6.68. The summed E-state index contributed by atoms with van der Waals surface area (Å²) in [5.74, 6) is -1.04. The molecule has 1 aromatic rings. The average Bonchev–Trinajstić information content (AvgIpc) is 2.97. The van der Waals surface area contributed by atoms with E-state index in [1.165, 1.54) is 0 Å². The molecular weight excluding hydrogens is 260 g/mol. The van der Waals surface area contributed by atoms with Gasteiger partial charge in [0, 0.05) is 32.1 Å². The van der Waals surface area contributed by atoms with Gasteiger partial charge in [-0.05, 0) is 30.5 Å². The second kappa shape index (κ2) is 7.00. The zero-order valence-corrected chi connectivity index (χ0v) is 11.2. The Labute approximate surface area is 117 Å². The van der Waals surface area contributed by atoms with Crippen LogP contribution in [0.15, 0.2) is 24.5 Å². The lowest BCUT2D eigenvalue weighted by molar-refractivity contribution is -0.143. The second-order valence-electron chi connectivity index (χ2n) is 4.76. The number of hydrogen-bond donors (Lipinski definition) is 1. The number of carboxylic acid groups (broad SMARTS) is 1. The lowest BCUT2D eigenvalue weighted by Gasteiger charge is -2.24. The molecule has 1 unspecified atom stereocenters. The number of hydrogen-bond acceptors (Lipinski definition) is 4.